The van der Waals surface area contributed by atoms with Crippen molar-refractivity contribution in [2.24, 2.45) is 11.8 Å². The molecule has 2 saturated heterocycles. The van der Waals surface area contributed by atoms with Gasteiger partial charge in [-0.15, -0.1) is 0 Å². The Morgan fingerprint density at radius 1 is 1.05 bits per heavy atom. The average molecular weight is 591 g/mol. The van der Waals surface area contributed by atoms with Crippen molar-refractivity contribution in [2.75, 3.05) is 72.9 Å². The molecular formula is C28H47BN5O6P. The van der Waals surface area contributed by atoms with Gasteiger partial charge in [-0.25, -0.2) is 9.34 Å². The van der Waals surface area contributed by atoms with E-state index in [0.29, 0.717) is 52.4 Å². The van der Waals surface area contributed by atoms with E-state index >= 15 is 0 Å². The molecule has 0 bridgehead atoms. The average Bonchev–Trinajstić information content (AvgIpc) is 3.24. The summed E-state index contributed by atoms with van der Waals surface area (Å²) in [6, 6.07) is -0.381. The molecule has 41 heavy (non-hydrogen) atoms. The van der Waals surface area contributed by atoms with Gasteiger partial charge in [0.1, 0.15) is 14.2 Å². The second-order valence-electron chi connectivity index (χ2n) is 13.0. The monoisotopic (exact) mass is 591 g/mol. The maximum atomic E-state index is 14.1. The number of carbonyl (C=O) groups is 3. The number of ether oxygens (including phenoxy) is 2. The van der Waals surface area contributed by atoms with Gasteiger partial charge in [0.25, 0.3) is 11.8 Å². The lowest BCUT2D eigenvalue weighted by Gasteiger charge is -2.44. The largest absolute Gasteiger partial charge is 0.380 e. The molecule has 3 atom stereocenters. The molecule has 13 heteroatoms. The first-order chi connectivity index (χ1) is 19.3. The number of hydrogen-bond donors (Lipinski definition) is 0. The Labute approximate surface area is 246 Å². The van der Waals surface area contributed by atoms with Gasteiger partial charge in [0, 0.05) is 75.4 Å². The number of rotatable bonds is 9. The Hall–Kier alpha value is -1.56. The lowest BCUT2D eigenvalue weighted by molar-refractivity contribution is -0.140. The normalized spacial score (nSPS) is 30.3. The van der Waals surface area contributed by atoms with Gasteiger partial charge in [-0.05, 0) is 66.5 Å². The van der Waals surface area contributed by atoms with Gasteiger partial charge >= 0.3 is 0 Å². The Bertz CT molecular complexity index is 1020. The predicted octanol–water partition coefficient (Wildman–Crippen LogP) is 1.58. The summed E-state index contributed by atoms with van der Waals surface area (Å²) in [6.07, 6.45) is 5.70. The number of morpholine rings is 1. The van der Waals surface area contributed by atoms with E-state index in [4.69, 9.17) is 17.3 Å². The van der Waals surface area contributed by atoms with Crippen LogP contribution in [0.5, 0.6) is 0 Å². The van der Waals surface area contributed by atoms with E-state index in [-0.39, 0.29) is 53.6 Å². The van der Waals surface area contributed by atoms with Gasteiger partial charge in [-0.2, -0.15) is 0 Å². The van der Waals surface area contributed by atoms with E-state index in [0.717, 1.165) is 25.7 Å². The predicted molar refractivity (Wildman–Crippen MR) is 157 cm³/mol. The van der Waals surface area contributed by atoms with Crippen LogP contribution < -0.4 is 0 Å². The Morgan fingerprint density at radius 2 is 1.66 bits per heavy atom. The summed E-state index contributed by atoms with van der Waals surface area (Å²) in [5.41, 5.74) is -0.0266. The molecule has 4 rings (SSSR count). The summed E-state index contributed by atoms with van der Waals surface area (Å²) in [5.74, 6) is -0.140. The summed E-state index contributed by atoms with van der Waals surface area (Å²) in [4.78, 5) is 42.6. The van der Waals surface area contributed by atoms with Gasteiger partial charge in [-0.1, -0.05) is 0 Å². The van der Waals surface area contributed by atoms with Gasteiger partial charge in [0.05, 0.1) is 12.7 Å². The molecule has 1 aliphatic carbocycles. The van der Waals surface area contributed by atoms with E-state index in [9.17, 15) is 18.9 Å². The van der Waals surface area contributed by atoms with Crippen LogP contribution in [0.4, 0.5) is 0 Å². The molecule has 11 nitrogen and oxygen atoms in total. The quantitative estimate of drug-likeness (QED) is 0.225. The van der Waals surface area contributed by atoms with Crippen LogP contribution in [0, 0.1) is 11.8 Å². The van der Waals surface area contributed by atoms with Crippen LogP contribution in [-0.4, -0.2) is 140 Å². The Balaban J connectivity index is 1.22. The van der Waals surface area contributed by atoms with Crippen molar-refractivity contribution in [1.82, 2.24) is 24.0 Å². The Morgan fingerprint density at radius 3 is 2.22 bits per heavy atom. The molecule has 0 N–H and O–H groups in total. The zero-order chi connectivity index (χ0) is 29.9. The minimum absolute atomic E-state index is 0.0266. The van der Waals surface area contributed by atoms with Crippen molar-refractivity contribution in [3.05, 3.63) is 12.2 Å². The Kier molecular flexibility index (Phi) is 10.6. The van der Waals surface area contributed by atoms with Crippen LogP contribution in [0.2, 0.25) is 0 Å². The fourth-order valence-electron chi connectivity index (χ4n) is 6.21. The van der Waals surface area contributed by atoms with E-state index in [1.165, 1.54) is 17.1 Å². The highest BCUT2D eigenvalue weighted by Crippen LogP contribution is 2.51. The first kappa shape index (κ1) is 32.4. The van der Waals surface area contributed by atoms with Crippen LogP contribution in [0.1, 0.15) is 46.5 Å². The fourth-order valence-corrected chi connectivity index (χ4v) is 8.26. The van der Waals surface area contributed by atoms with Crippen LogP contribution in [-0.2, 0) is 28.4 Å². The maximum Gasteiger partial charge on any atom is 0.253 e. The van der Waals surface area contributed by atoms with Crippen molar-refractivity contribution in [3.8, 4) is 0 Å². The van der Waals surface area contributed by atoms with Crippen molar-refractivity contribution in [3.63, 3.8) is 0 Å². The maximum absolute atomic E-state index is 14.1. The third-order valence-electron chi connectivity index (χ3n) is 8.88. The number of hydrogen-bond acceptors (Lipinski definition) is 7. The number of nitrogens with zero attached hydrogens (tertiary/aromatic N) is 5. The molecule has 0 aromatic rings. The number of amides is 3. The zero-order valence-electron chi connectivity index (χ0n) is 25.4. The first-order valence-electron chi connectivity index (χ1n) is 14.9. The molecule has 3 heterocycles. The van der Waals surface area contributed by atoms with E-state index < -0.39 is 7.44 Å². The molecule has 3 fully saturated rings. The lowest BCUT2D eigenvalue weighted by atomic mass is 9.81. The topological polar surface area (TPSA) is 103 Å². The van der Waals surface area contributed by atoms with Crippen molar-refractivity contribution < 1.29 is 28.4 Å². The molecule has 228 valence electrons. The van der Waals surface area contributed by atoms with Crippen molar-refractivity contribution in [1.29, 1.82) is 0 Å². The lowest BCUT2D eigenvalue weighted by Crippen LogP contribution is -2.56. The van der Waals surface area contributed by atoms with E-state index in [1.54, 1.807) is 4.67 Å². The number of imide groups is 1. The van der Waals surface area contributed by atoms with Crippen LogP contribution in [0.15, 0.2) is 12.2 Å². The summed E-state index contributed by atoms with van der Waals surface area (Å²) >= 11 is 0. The highest BCUT2D eigenvalue weighted by atomic mass is 31.2. The van der Waals surface area contributed by atoms with E-state index in [2.05, 4.69) is 25.7 Å². The van der Waals surface area contributed by atoms with Gasteiger partial charge in [0.2, 0.25) is 13.4 Å². The summed E-state index contributed by atoms with van der Waals surface area (Å²) in [6.45, 7) is 10.7. The molecule has 0 aromatic carbocycles. The minimum Gasteiger partial charge on any atom is -0.380 e. The third kappa shape index (κ3) is 7.89. The second-order valence-corrected chi connectivity index (χ2v) is 16.0. The molecule has 0 aromatic heterocycles. The highest BCUT2D eigenvalue weighted by Gasteiger charge is 2.39. The van der Waals surface area contributed by atoms with Crippen LogP contribution in [0.3, 0.4) is 0 Å². The molecule has 3 aliphatic heterocycles. The smallest absolute Gasteiger partial charge is 0.253 e. The van der Waals surface area contributed by atoms with Gasteiger partial charge in [-0.3, -0.25) is 28.7 Å². The molecule has 1 saturated carbocycles. The van der Waals surface area contributed by atoms with Gasteiger partial charge < -0.3 is 14.4 Å². The molecule has 4 aliphatic rings. The minimum atomic E-state index is -2.98. The molecule has 0 spiro atoms. The summed E-state index contributed by atoms with van der Waals surface area (Å²) in [5, 5.41) is 0. The van der Waals surface area contributed by atoms with Crippen LogP contribution >= 0.6 is 7.44 Å². The summed E-state index contributed by atoms with van der Waals surface area (Å²) < 4.78 is 29.7. The fraction of sp³-hybridized carbons (Fsp3) is 0.821. The number of carbonyl (C=O) groups excluding carboxylic acids is 3. The first-order valence-corrected chi connectivity index (χ1v) is 16.7. The summed E-state index contributed by atoms with van der Waals surface area (Å²) in [7, 11) is 6.77. The van der Waals surface area contributed by atoms with Crippen LogP contribution in [0.25, 0.3) is 0 Å². The third-order valence-corrected chi connectivity index (χ3v) is 11.9. The second kappa shape index (κ2) is 13.4. The SMILES string of the molecule is [B]C1CN(C(C)(C)C)CC(COCP(=O)(N(C)C)N2CCN(C(=O)C3CCC(CN4C(=O)C=CC4=O)CC3)CC2)O1. The zero-order valence-corrected chi connectivity index (χ0v) is 26.3. The standard InChI is InChI=1S/C28H47BN5O6P/c1-28(2,3)32-17-23(40-24(29)18-32)19-39-20-41(38,30(4)5)33-14-12-31(13-15-33)27(37)22-8-6-21(7-9-22)16-34-25(35)10-11-26(34)36/h10-11,21-24H,6-9,12-20H2,1-5H3. The highest BCUT2D eigenvalue weighted by molar-refractivity contribution is 7.58. The molecule has 3 amide bonds. The van der Waals surface area contributed by atoms with Crippen molar-refractivity contribution >= 4 is 33.0 Å². The van der Waals surface area contributed by atoms with Crippen molar-refractivity contribution in [2.45, 2.75) is 64.1 Å². The molecule has 2 radical (unpaired) electrons. The number of piperazine rings is 1. The van der Waals surface area contributed by atoms with E-state index in [1.807, 2.05) is 23.7 Å². The van der Waals surface area contributed by atoms with Gasteiger partial charge in [0.15, 0.2) is 0 Å². The molecular weight excluding hydrogens is 544 g/mol. The molecule has 3 unspecified atom stereocenters.